The van der Waals surface area contributed by atoms with Crippen molar-refractivity contribution >= 4 is 17.5 Å². The van der Waals surface area contributed by atoms with Gasteiger partial charge in [0.1, 0.15) is 11.5 Å². The topological polar surface area (TPSA) is 51.7 Å². The fourth-order valence-electron chi connectivity index (χ4n) is 3.00. The lowest BCUT2D eigenvalue weighted by Gasteiger charge is -2.32. The molecule has 1 fully saturated rings. The van der Waals surface area contributed by atoms with Crippen molar-refractivity contribution in [3.8, 4) is 11.5 Å². The van der Waals surface area contributed by atoms with Crippen LogP contribution >= 0.6 is 11.6 Å². The van der Waals surface area contributed by atoms with Crippen LogP contribution in [0.1, 0.15) is 23.2 Å². The number of aromatic nitrogens is 1. The second kappa shape index (κ2) is 8.21. The Morgan fingerprint density at radius 3 is 2.96 bits per heavy atom. The summed E-state index contributed by atoms with van der Waals surface area (Å²) >= 11 is 5.94. The molecule has 0 N–H and O–H groups in total. The molecule has 1 amide bonds. The number of likely N-dealkylation sites (tertiary alicyclic amines) is 1. The summed E-state index contributed by atoms with van der Waals surface area (Å²) in [5, 5.41) is 0.473. The van der Waals surface area contributed by atoms with Crippen molar-refractivity contribution in [1.82, 2.24) is 9.88 Å². The molecule has 1 aromatic carbocycles. The number of nitrogens with zero attached hydrogens (tertiary/aromatic N) is 2. The lowest BCUT2D eigenvalue weighted by Crippen LogP contribution is -2.41. The van der Waals surface area contributed by atoms with E-state index in [2.05, 4.69) is 4.98 Å². The Labute approximate surface area is 152 Å². The highest BCUT2D eigenvalue weighted by molar-refractivity contribution is 6.30. The second-order valence-electron chi connectivity index (χ2n) is 6.14. The van der Waals surface area contributed by atoms with Crippen molar-refractivity contribution in [2.24, 2.45) is 5.92 Å². The van der Waals surface area contributed by atoms with Gasteiger partial charge in [0.2, 0.25) is 0 Å². The van der Waals surface area contributed by atoms with Crippen molar-refractivity contribution in [2.75, 3.05) is 26.8 Å². The van der Waals surface area contributed by atoms with Gasteiger partial charge in [-0.2, -0.15) is 0 Å². The molecule has 1 saturated heterocycles. The molecular formula is C19H21ClN2O3. The van der Waals surface area contributed by atoms with Crippen LogP contribution in [-0.4, -0.2) is 42.6 Å². The normalized spacial score (nSPS) is 17.2. The van der Waals surface area contributed by atoms with Crippen molar-refractivity contribution in [3.05, 3.63) is 53.3 Å². The average Bonchev–Trinajstić information content (AvgIpc) is 2.66. The number of benzene rings is 1. The molecule has 2 aromatic rings. The van der Waals surface area contributed by atoms with Gasteiger partial charge in [-0.1, -0.05) is 17.7 Å². The van der Waals surface area contributed by atoms with Crippen molar-refractivity contribution in [2.45, 2.75) is 12.8 Å². The molecule has 0 spiro atoms. The van der Waals surface area contributed by atoms with Gasteiger partial charge in [0.05, 0.1) is 24.3 Å². The van der Waals surface area contributed by atoms with Gasteiger partial charge in [0.25, 0.3) is 5.91 Å². The maximum absolute atomic E-state index is 12.6. The zero-order chi connectivity index (χ0) is 17.6. The van der Waals surface area contributed by atoms with Gasteiger partial charge in [-0.25, -0.2) is 0 Å². The minimum absolute atomic E-state index is 0.0268. The molecule has 132 valence electrons. The molecule has 0 saturated carbocycles. The first kappa shape index (κ1) is 17.5. The predicted octanol–water partition coefficient (Wildman–Crippen LogP) is 3.67. The number of carbonyl (C=O) groups is 1. The highest BCUT2D eigenvalue weighted by atomic mass is 35.5. The van der Waals surface area contributed by atoms with Crippen LogP contribution in [0.3, 0.4) is 0 Å². The third kappa shape index (κ3) is 4.63. The summed E-state index contributed by atoms with van der Waals surface area (Å²) in [7, 11) is 1.63. The van der Waals surface area contributed by atoms with Crippen molar-refractivity contribution in [1.29, 1.82) is 0 Å². The van der Waals surface area contributed by atoms with Gasteiger partial charge in [0.15, 0.2) is 0 Å². The van der Waals surface area contributed by atoms with Crippen molar-refractivity contribution < 1.29 is 14.3 Å². The summed E-state index contributed by atoms with van der Waals surface area (Å²) < 4.78 is 11.1. The van der Waals surface area contributed by atoms with Gasteiger partial charge in [-0.05, 0) is 31.0 Å². The highest BCUT2D eigenvalue weighted by Crippen LogP contribution is 2.23. The Balaban J connectivity index is 1.58. The number of methoxy groups -OCH3 is 1. The molecule has 0 bridgehead atoms. The van der Waals surface area contributed by atoms with Crippen LogP contribution < -0.4 is 9.47 Å². The molecule has 2 heterocycles. The molecule has 6 heteroatoms. The van der Waals surface area contributed by atoms with Crippen LogP contribution in [0.5, 0.6) is 11.5 Å². The van der Waals surface area contributed by atoms with E-state index in [1.807, 2.05) is 29.2 Å². The predicted molar refractivity (Wildman–Crippen MR) is 96.4 cm³/mol. The lowest BCUT2D eigenvalue weighted by atomic mass is 9.98. The number of piperidine rings is 1. The number of halogens is 1. The van der Waals surface area contributed by atoms with E-state index in [0.29, 0.717) is 29.7 Å². The van der Waals surface area contributed by atoms with E-state index >= 15 is 0 Å². The van der Waals surface area contributed by atoms with Gasteiger partial charge < -0.3 is 14.4 Å². The SMILES string of the molecule is COc1cccc(OC[C@H]2CCCN(C(=O)c3cncc(Cl)c3)C2)c1. The summed E-state index contributed by atoms with van der Waals surface area (Å²) in [4.78, 5) is 18.5. The fraction of sp³-hybridized carbons (Fsp3) is 0.368. The van der Waals surface area contributed by atoms with Crippen LogP contribution in [0.2, 0.25) is 5.02 Å². The maximum Gasteiger partial charge on any atom is 0.255 e. The average molecular weight is 361 g/mol. The quantitative estimate of drug-likeness (QED) is 0.816. The number of amides is 1. The number of hydrogen-bond donors (Lipinski definition) is 0. The Hall–Kier alpha value is -2.27. The second-order valence-corrected chi connectivity index (χ2v) is 6.58. The molecule has 0 aliphatic carbocycles. The Kier molecular flexibility index (Phi) is 5.76. The summed E-state index contributed by atoms with van der Waals surface area (Å²) in [6, 6.07) is 9.21. The minimum Gasteiger partial charge on any atom is -0.497 e. The van der Waals surface area contributed by atoms with Crippen LogP contribution in [0, 0.1) is 5.92 Å². The molecule has 25 heavy (non-hydrogen) atoms. The number of hydrogen-bond acceptors (Lipinski definition) is 4. The number of pyridine rings is 1. The summed E-state index contributed by atoms with van der Waals surface area (Å²) in [5.74, 6) is 1.82. The van der Waals surface area contributed by atoms with E-state index < -0.39 is 0 Å². The largest absolute Gasteiger partial charge is 0.497 e. The maximum atomic E-state index is 12.6. The first-order valence-electron chi connectivity index (χ1n) is 8.32. The zero-order valence-electron chi connectivity index (χ0n) is 14.2. The Morgan fingerprint density at radius 2 is 2.16 bits per heavy atom. The molecule has 1 aliphatic rings. The summed E-state index contributed by atoms with van der Waals surface area (Å²) in [6.07, 6.45) is 5.09. The number of rotatable bonds is 5. The first-order valence-corrected chi connectivity index (χ1v) is 8.70. The van der Waals surface area contributed by atoms with E-state index in [0.717, 1.165) is 30.9 Å². The van der Waals surface area contributed by atoms with E-state index in [4.69, 9.17) is 21.1 Å². The fourth-order valence-corrected chi connectivity index (χ4v) is 3.18. The van der Waals surface area contributed by atoms with Gasteiger partial charge in [-0.3, -0.25) is 9.78 Å². The molecule has 1 atom stereocenters. The zero-order valence-corrected chi connectivity index (χ0v) is 14.9. The highest BCUT2D eigenvalue weighted by Gasteiger charge is 2.25. The third-order valence-electron chi connectivity index (χ3n) is 4.28. The lowest BCUT2D eigenvalue weighted by molar-refractivity contribution is 0.0633. The molecule has 3 rings (SSSR count). The molecule has 0 radical (unpaired) electrons. The van der Waals surface area contributed by atoms with Gasteiger partial charge >= 0.3 is 0 Å². The molecule has 0 unspecified atom stereocenters. The molecule has 1 aromatic heterocycles. The van der Waals surface area contributed by atoms with Crippen LogP contribution in [0.15, 0.2) is 42.7 Å². The monoisotopic (exact) mass is 360 g/mol. The Bertz CT molecular complexity index is 738. The first-order chi connectivity index (χ1) is 12.2. The molecule has 5 nitrogen and oxygen atoms in total. The van der Waals surface area contributed by atoms with Crippen LogP contribution in [0.25, 0.3) is 0 Å². The number of carbonyl (C=O) groups excluding carboxylic acids is 1. The van der Waals surface area contributed by atoms with E-state index in [1.165, 1.54) is 6.20 Å². The summed E-state index contributed by atoms with van der Waals surface area (Å²) in [5.41, 5.74) is 0.530. The van der Waals surface area contributed by atoms with E-state index in [-0.39, 0.29) is 5.91 Å². The third-order valence-corrected chi connectivity index (χ3v) is 4.49. The van der Waals surface area contributed by atoms with E-state index in [1.54, 1.807) is 19.4 Å². The molecule has 1 aliphatic heterocycles. The molecular weight excluding hydrogens is 340 g/mol. The Morgan fingerprint density at radius 1 is 1.32 bits per heavy atom. The summed E-state index contributed by atoms with van der Waals surface area (Å²) in [6.45, 7) is 2.00. The van der Waals surface area contributed by atoms with Crippen molar-refractivity contribution in [3.63, 3.8) is 0 Å². The van der Waals surface area contributed by atoms with Gasteiger partial charge in [-0.15, -0.1) is 0 Å². The van der Waals surface area contributed by atoms with Crippen LogP contribution in [-0.2, 0) is 0 Å². The minimum atomic E-state index is -0.0268. The number of ether oxygens (including phenoxy) is 2. The smallest absolute Gasteiger partial charge is 0.255 e. The van der Waals surface area contributed by atoms with E-state index in [9.17, 15) is 4.79 Å². The standard InChI is InChI=1S/C19H21ClN2O3/c1-24-17-5-2-6-18(9-17)25-13-14-4-3-7-22(12-14)19(23)15-8-16(20)11-21-10-15/h2,5-6,8-11,14H,3-4,7,12-13H2,1H3/t14-/m0/s1. The van der Waals surface area contributed by atoms with Gasteiger partial charge in [0, 0.05) is 37.5 Å². The van der Waals surface area contributed by atoms with Crippen LogP contribution in [0.4, 0.5) is 0 Å².